The van der Waals surface area contributed by atoms with Crippen LogP contribution in [0.2, 0.25) is 0 Å². The van der Waals surface area contributed by atoms with Crippen LogP contribution in [-0.4, -0.2) is 69.1 Å². The lowest BCUT2D eigenvalue weighted by molar-refractivity contribution is -0.174. The topological polar surface area (TPSA) is 185 Å². The van der Waals surface area contributed by atoms with E-state index in [1.807, 2.05) is 0 Å². The standard InChI is InChI=1S/C8H10O9.C7H10O2/c9-3(1-5(11)12)7(15)17-8(16)4(10)2-6(13)14;1-4-5-9-7(8)6(2)3/h3-4,9-10H,1-2H2,(H,11,12)(H,13,14);4H,1-2,5H2,3H3. The van der Waals surface area contributed by atoms with Crippen LogP contribution in [-0.2, 0) is 33.4 Å². The number of ether oxygens (including phenoxy) is 2. The Bertz CT molecular complexity index is 532. The molecule has 0 bridgehead atoms. The van der Waals surface area contributed by atoms with E-state index in [0.29, 0.717) is 5.57 Å². The summed E-state index contributed by atoms with van der Waals surface area (Å²) in [5.41, 5.74) is 0.414. The number of carboxylic acid groups (broad SMARTS) is 2. The van der Waals surface area contributed by atoms with Gasteiger partial charge in [0.2, 0.25) is 0 Å². The van der Waals surface area contributed by atoms with Gasteiger partial charge in [-0.1, -0.05) is 19.2 Å². The van der Waals surface area contributed by atoms with Crippen molar-refractivity contribution in [1.82, 2.24) is 0 Å². The van der Waals surface area contributed by atoms with E-state index in [2.05, 4.69) is 22.6 Å². The Balaban J connectivity index is 0. The number of hydrogen-bond acceptors (Lipinski definition) is 9. The highest BCUT2D eigenvalue weighted by molar-refractivity contribution is 5.92. The van der Waals surface area contributed by atoms with E-state index in [9.17, 15) is 24.0 Å². The van der Waals surface area contributed by atoms with Crippen LogP contribution in [0.5, 0.6) is 0 Å². The van der Waals surface area contributed by atoms with E-state index in [-0.39, 0.29) is 12.6 Å². The molecule has 11 nitrogen and oxygen atoms in total. The maximum Gasteiger partial charge on any atom is 0.343 e. The van der Waals surface area contributed by atoms with Crippen LogP contribution in [0.4, 0.5) is 0 Å². The molecule has 146 valence electrons. The summed E-state index contributed by atoms with van der Waals surface area (Å²) in [6, 6.07) is 0. The maximum atomic E-state index is 10.9. The minimum absolute atomic E-state index is 0.256. The second-order valence-electron chi connectivity index (χ2n) is 4.63. The summed E-state index contributed by atoms with van der Waals surface area (Å²) in [5, 5.41) is 34.2. The Kier molecular flexibility index (Phi) is 12.9. The number of esters is 3. The number of carbonyl (C=O) groups excluding carboxylic acids is 3. The van der Waals surface area contributed by atoms with Gasteiger partial charge in [-0.2, -0.15) is 0 Å². The van der Waals surface area contributed by atoms with Gasteiger partial charge in [-0.05, 0) is 6.92 Å². The van der Waals surface area contributed by atoms with Gasteiger partial charge in [-0.15, -0.1) is 0 Å². The Morgan fingerprint density at radius 2 is 1.35 bits per heavy atom. The van der Waals surface area contributed by atoms with Crippen molar-refractivity contribution >= 4 is 29.8 Å². The molecule has 4 N–H and O–H groups in total. The third kappa shape index (κ3) is 13.4. The quantitative estimate of drug-likeness (QED) is 0.168. The molecule has 0 spiro atoms. The molecular formula is C15H20O11. The van der Waals surface area contributed by atoms with Gasteiger partial charge >= 0.3 is 29.8 Å². The number of rotatable bonds is 9. The molecule has 2 unspecified atom stereocenters. The number of carboxylic acids is 2. The molecule has 0 aromatic heterocycles. The molecule has 0 aromatic rings. The lowest BCUT2D eigenvalue weighted by Crippen LogP contribution is -2.33. The van der Waals surface area contributed by atoms with E-state index in [0.717, 1.165) is 0 Å². The highest BCUT2D eigenvalue weighted by atomic mass is 16.6. The average molecular weight is 376 g/mol. The molecule has 0 fully saturated rings. The zero-order valence-electron chi connectivity index (χ0n) is 13.9. The van der Waals surface area contributed by atoms with E-state index in [1.165, 1.54) is 6.08 Å². The van der Waals surface area contributed by atoms with Crippen molar-refractivity contribution in [2.45, 2.75) is 32.0 Å². The smallest absolute Gasteiger partial charge is 0.343 e. The zero-order valence-corrected chi connectivity index (χ0v) is 13.9. The molecular weight excluding hydrogens is 356 g/mol. The summed E-state index contributed by atoms with van der Waals surface area (Å²) in [6.45, 7) is 8.64. The first-order valence-corrected chi connectivity index (χ1v) is 6.91. The van der Waals surface area contributed by atoms with Crippen LogP contribution in [0.1, 0.15) is 19.8 Å². The van der Waals surface area contributed by atoms with Crippen LogP contribution in [0, 0.1) is 0 Å². The fraction of sp³-hybridized carbons (Fsp3) is 0.400. The second-order valence-corrected chi connectivity index (χ2v) is 4.63. The largest absolute Gasteiger partial charge is 0.481 e. The molecule has 0 aliphatic rings. The summed E-state index contributed by atoms with van der Waals surface area (Å²) in [4.78, 5) is 52.5. The molecule has 0 amide bonds. The van der Waals surface area contributed by atoms with Crippen LogP contribution in [0.15, 0.2) is 24.8 Å². The Labute approximate surface area is 148 Å². The first kappa shape index (κ1) is 25.2. The molecule has 0 aromatic carbocycles. The molecule has 0 saturated heterocycles. The van der Waals surface area contributed by atoms with Gasteiger partial charge in [0.1, 0.15) is 6.61 Å². The van der Waals surface area contributed by atoms with Gasteiger partial charge in [0.15, 0.2) is 12.2 Å². The Hall–Kier alpha value is -3.05. The molecule has 0 rings (SSSR count). The Morgan fingerprint density at radius 3 is 1.62 bits per heavy atom. The van der Waals surface area contributed by atoms with Crippen LogP contribution >= 0.6 is 0 Å². The van der Waals surface area contributed by atoms with E-state index < -0.39 is 48.9 Å². The fourth-order valence-electron chi connectivity index (χ4n) is 0.990. The summed E-state index contributed by atoms with van der Waals surface area (Å²) in [7, 11) is 0. The number of hydrogen-bond donors (Lipinski definition) is 4. The van der Waals surface area contributed by atoms with Gasteiger partial charge in [0.05, 0.1) is 12.8 Å². The number of carbonyl (C=O) groups is 5. The molecule has 2 atom stereocenters. The van der Waals surface area contributed by atoms with Gasteiger partial charge in [-0.25, -0.2) is 14.4 Å². The number of aliphatic carboxylic acids is 2. The fourth-order valence-corrected chi connectivity index (χ4v) is 0.990. The predicted octanol–water partition coefficient (Wildman–Crippen LogP) is -0.981. The molecule has 0 saturated carbocycles. The van der Waals surface area contributed by atoms with E-state index in [4.69, 9.17) is 20.4 Å². The monoisotopic (exact) mass is 376 g/mol. The number of aliphatic hydroxyl groups excluding tert-OH is 2. The van der Waals surface area contributed by atoms with Gasteiger partial charge < -0.3 is 29.9 Å². The molecule has 0 heterocycles. The van der Waals surface area contributed by atoms with Crippen LogP contribution in [0.3, 0.4) is 0 Å². The summed E-state index contributed by atoms with van der Waals surface area (Å²) >= 11 is 0. The molecule has 11 heteroatoms. The van der Waals surface area contributed by atoms with Gasteiger partial charge in [-0.3, -0.25) is 9.59 Å². The lowest BCUT2D eigenvalue weighted by atomic mass is 10.2. The van der Waals surface area contributed by atoms with Crippen molar-refractivity contribution < 1.29 is 53.9 Å². The van der Waals surface area contributed by atoms with Crippen molar-refractivity contribution in [2.24, 2.45) is 0 Å². The minimum atomic E-state index is -2.06. The van der Waals surface area contributed by atoms with Crippen molar-refractivity contribution in [3.63, 3.8) is 0 Å². The molecule has 26 heavy (non-hydrogen) atoms. The van der Waals surface area contributed by atoms with Gasteiger partial charge in [0, 0.05) is 5.57 Å². The minimum Gasteiger partial charge on any atom is -0.481 e. The molecule has 0 aliphatic carbocycles. The van der Waals surface area contributed by atoms with Crippen LogP contribution < -0.4 is 0 Å². The summed E-state index contributed by atoms with van der Waals surface area (Å²) in [6.07, 6.45) is -4.55. The van der Waals surface area contributed by atoms with Gasteiger partial charge in [0.25, 0.3) is 0 Å². The lowest BCUT2D eigenvalue weighted by Gasteiger charge is -2.09. The molecule has 0 radical (unpaired) electrons. The van der Waals surface area contributed by atoms with E-state index >= 15 is 0 Å². The highest BCUT2D eigenvalue weighted by Gasteiger charge is 2.27. The van der Waals surface area contributed by atoms with Crippen LogP contribution in [0.25, 0.3) is 0 Å². The Morgan fingerprint density at radius 1 is 0.962 bits per heavy atom. The molecule has 0 aliphatic heterocycles. The highest BCUT2D eigenvalue weighted by Crippen LogP contribution is 2.00. The summed E-state index contributed by atoms with van der Waals surface area (Å²) in [5.74, 6) is -6.49. The maximum absolute atomic E-state index is 10.9. The third-order valence-electron chi connectivity index (χ3n) is 2.16. The normalized spacial score (nSPS) is 11.7. The zero-order chi connectivity index (χ0) is 20.9. The second kappa shape index (κ2) is 13.3. The number of aliphatic hydroxyl groups is 2. The summed E-state index contributed by atoms with van der Waals surface area (Å²) < 4.78 is 8.47. The third-order valence-corrected chi connectivity index (χ3v) is 2.16. The first-order chi connectivity index (χ1) is 11.9. The SMILES string of the molecule is C=CCOC(=O)C(=C)C.O=C(O)CC(O)C(=O)OC(=O)C(O)CC(=O)O. The van der Waals surface area contributed by atoms with Crippen molar-refractivity contribution in [3.05, 3.63) is 24.8 Å². The average Bonchev–Trinajstić information content (AvgIpc) is 2.51. The van der Waals surface area contributed by atoms with Crippen molar-refractivity contribution in [2.75, 3.05) is 6.61 Å². The predicted molar refractivity (Wildman–Crippen MR) is 83.6 cm³/mol. The van der Waals surface area contributed by atoms with E-state index in [1.54, 1.807) is 6.92 Å². The first-order valence-electron chi connectivity index (χ1n) is 6.91. The van der Waals surface area contributed by atoms with Crippen molar-refractivity contribution in [1.29, 1.82) is 0 Å². The van der Waals surface area contributed by atoms with Crippen molar-refractivity contribution in [3.8, 4) is 0 Å².